The molecule has 2 aliphatic heterocycles. The first-order valence-electron chi connectivity index (χ1n) is 6.79. The summed E-state index contributed by atoms with van der Waals surface area (Å²) in [4.78, 5) is 4.39. The number of hydrogen-bond donors (Lipinski definition) is 0. The van der Waals surface area contributed by atoms with Crippen LogP contribution in [-0.2, 0) is 18.9 Å². The van der Waals surface area contributed by atoms with E-state index in [0.717, 1.165) is 13.1 Å². The van der Waals surface area contributed by atoms with E-state index in [4.69, 9.17) is 18.9 Å². The molecule has 109 valence electrons. The lowest BCUT2D eigenvalue weighted by molar-refractivity contribution is -0.00976. The van der Waals surface area contributed by atoms with Crippen LogP contribution in [0, 0.1) is 0 Å². The second kappa shape index (κ2) is 7.01. The van der Waals surface area contributed by atoms with E-state index in [1.54, 1.807) is 14.2 Å². The molecule has 0 aromatic carbocycles. The van der Waals surface area contributed by atoms with Gasteiger partial charge in [-0.2, -0.15) is 0 Å². The highest BCUT2D eigenvalue weighted by Crippen LogP contribution is 2.20. The molecule has 0 aromatic heterocycles. The Morgan fingerprint density at radius 3 is 1.74 bits per heavy atom. The summed E-state index contributed by atoms with van der Waals surface area (Å²) < 4.78 is 21.9. The first-order valence-corrected chi connectivity index (χ1v) is 6.79. The van der Waals surface area contributed by atoms with Crippen molar-refractivity contribution in [3.63, 3.8) is 0 Å². The maximum Gasteiger partial charge on any atom is 0.317 e. The van der Waals surface area contributed by atoms with Gasteiger partial charge < -0.3 is 28.6 Å². The van der Waals surface area contributed by atoms with Crippen LogP contribution in [0.1, 0.15) is 13.8 Å². The number of hydrogen-bond acceptors (Lipinski definition) is 6. The zero-order chi connectivity index (χ0) is 13.8. The Morgan fingerprint density at radius 1 is 0.947 bits per heavy atom. The van der Waals surface area contributed by atoms with Crippen LogP contribution in [0.2, 0.25) is 0 Å². The van der Waals surface area contributed by atoms with E-state index in [0.29, 0.717) is 13.2 Å². The SMILES string of the molecule is COCC1CN([B]N2CC(COC)OC2C)C(C)O1. The minimum absolute atomic E-state index is 0.0776. The third-order valence-electron chi connectivity index (χ3n) is 3.54. The predicted molar refractivity (Wildman–Crippen MR) is 71.6 cm³/mol. The van der Waals surface area contributed by atoms with E-state index in [1.165, 1.54) is 0 Å². The molecule has 0 bridgehead atoms. The van der Waals surface area contributed by atoms with Gasteiger partial charge in [0.25, 0.3) is 0 Å². The van der Waals surface area contributed by atoms with Gasteiger partial charge in [-0.05, 0) is 13.8 Å². The fraction of sp³-hybridized carbons (Fsp3) is 1.00. The van der Waals surface area contributed by atoms with E-state index < -0.39 is 0 Å². The molecular formula is C12H24BN2O4. The van der Waals surface area contributed by atoms with Crippen LogP contribution in [-0.4, -0.2) is 82.4 Å². The van der Waals surface area contributed by atoms with Crippen LogP contribution in [0.4, 0.5) is 0 Å². The van der Waals surface area contributed by atoms with Gasteiger partial charge in [0, 0.05) is 27.3 Å². The van der Waals surface area contributed by atoms with Gasteiger partial charge in [-0.15, -0.1) is 0 Å². The molecule has 1 radical (unpaired) electrons. The van der Waals surface area contributed by atoms with Crippen molar-refractivity contribution in [2.24, 2.45) is 0 Å². The molecule has 2 aliphatic rings. The lowest BCUT2D eigenvalue weighted by Crippen LogP contribution is -2.45. The molecule has 19 heavy (non-hydrogen) atoms. The summed E-state index contributed by atoms with van der Waals surface area (Å²) in [6, 6.07) is 0. The molecule has 0 saturated carbocycles. The molecule has 2 fully saturated rings. The average molecular weight is 271 g/mol. The van der Waals surface area contributed by atoms with E-state index >= 15 is 0 Å². The monoisotopic (exact) mass is 271 g/mol. The minimum atomic E-state index is 0.0776. The summed E-state index contributed by atoms with van der Waals surface area (Å²) >= 11 is 0. The molecule has 0 spiro atoms. The van der Waals surface area contributed by atoms with Crippen LogP contribution in [0.5, 0.6) is 0 Å². The second-order valence-corrected chi connectivity index (χ2v) is 5.13. The van der Waals surface area contributed by atoms with E-state index in [1.807, 2.05) is 0 Å². The van der Waals surface area contributed by atoms with Crippen LogP contribution < -0.4 is 0 Å². The average Bonchev–Trinajstić information content (AvgIpc) is 2.86. The van der Waals surface area contributed by atoms with Gasteiger partial charge >= 0.3 is 7.55 Å². The second-order valence-electron chi connectivity index (χ2n) is 5.13. The lowest BCUT2D eigenvalue weighted by atomic mass is 10.0. The summed E-state index contributed by atoms with van der Waals surface area (Å²) in [5.74, 6) is 0. The Labute approximate surface area is 116 Å². The minimum Gasteiger partial charge on any atom is -0.382 e. The first-order chi connectivity index (χ1) is 9.13. The lowest BCUT2D eigenvalue weighted by Gasteiger charge is -2.25. The molecule has 4 atom stereocenters. The predicted octanol–water partition coefficient (Wildman–Crippen LogP) is -0.0930. The summed E-state index contributed by atoms with van der Waals surface area (Å²) in [7, 11) is 5.51. The van der Waals surface area contributed by atoms with Crippen molar-refractivity contribution in [2.75, 3.05) is 40.5 Å². The topological polar surface area (TPSA) is 43.4 Å². The quantitative estimate of drug-likeness (QED) is 0.629. The van der Waals surface area contributed by atoms with Crippen LogP contribution in [0.15, 0.2) is 0 Å². The van der Waals surface area contributed by atoms with Crippen molar-refractivity contribution in [3.8, 4) is 0 Å². The van der Waals surface area contributed by atoms with Crippen LogP contribution in [0.3, 0.4) is 0 Å². The van der Waals surface area contributed by atoms with Crippen molar-refractivity contribution in [1.29, 1.82) is 0 Å². The molecule has 4 unspecified atom stereocenters. The normalized spacial score (nSPS) is 37.1. The third kappa shape index (κ3) is 3.90. The van der Waals surface area contributed by atoms with Crippen molar-refractivity contribution >= 4 is 7.55 Å². The standard InChI is InChI=1S/C12H24BN2O4/c1-9-14(5-11(18-9)7-16-3)13-15-6-12(8-17-4)19-10(15)2/h9-12H,5-8H2,1-4H3. The molecular weight excluding hydrogens is 247 g/mol. The van der Waals surface area contributed by atoms with E-state index in [2.05, 4.69) is 31.0 Å². The van der Waals surface area contributed by atoms with Gasteiger partial charge in [0.1, 0.15) is 0 Å². The van der Waals surface area contributed by atoms with Crippen molar-refractivity contribution in [2.45, 2.75) is 38.5 Å². The Morgan fingerprint density at radius 2 is 1.37 bits per heavy atom. The number of rotatable bonds is 6. The van der Waals surface area contributed by atoms with Crippen molar-refractivity contribution < 1.29 is 18.9 Å². The zero-order valence-corrected chi connectivity index (χ0v) is 12.2. The summed E-state index contributed by atoms with van der Waals surface area (Å²) in [5, 5.41) is 0. The summed E-state index contributed by atoms with van der Waals surface area (Å²) in [5.41, 5.74) is 0. The van der Waals surface area contributed by atoms with E-state index in [-0.39, 0.29) is 24.7 Å². The molecule has 2 heterocycles. The molecule has 2 rings (SSSR count). The number of ether oxygens (including phenoxy) is 4. The molecule has 0 amide bonds. The number of methoxy groups -OCH3 is 2. The Kier molecular flexibility index (Phi) is 5.62. The highest BCUT2D eigenvalue weighted by molar-refractivity contribution is 6.28. The fourth-order valence-electron chi connectivity index (χ4n) is 2.59. The van der Waals surface area contributed by atoms with E-state index in [9.17, 15) is 0 Å². The molecule has 0 N–H and O–H groups in total. The van der Waals surface area contributed by atoms with Gasteiger partial charge in [0.15, 0.2) is 0 Å². The molecule has 0 aromatic rings. The highest BCUT2D eigenvalue weighted by atomic mass is 16.6. The zero-order valence-electron chi connectivity index (χ0n) is 12.2. The fourth-order valence-corrected chi connectivity index (χ4v) is 2.59. The summed E-state index contributed by atoms with van der Waals surface area (Å²) in [6.45, 7) is 7.08. The Bertz CT molecular complexity index is 258. The molecule has 0 aliphatic carbocycles. The maximum atomic E-state index is 5.81. The molecule has 2 saturated heterocycles. The Hall–Kier alpha value is -0.175. The van der Waals surface area contributed by atoms with Crippen molar-refractivity contribution in [3.05, 3.63) is 0 Å². The van der Waals surface area contributed by atoms with Crippen LogP contribution in [0.25, 0.3) is 0 Å². The molecule has 7 heteroatoms. The van der Waals surface area contributed by atoms with Gasteiger partial charge in [0.05, 0.1) is 37.9 Å². The maximum absolute atomic E-state index is 5.81. The first kappa shape index (κ1) is 15.2. The molecule has 6 nitrogen and oxygen atoms in total. The van der Waals surface area contributed by atoms with Crippen LogP contribution >= 0.6 is 0 Å². The third-order valence-corrected chi connectivity index (χ3v) is 3.54. The van der Waals surface area contributed by atoms with Crippen molar-refractivity contribution in [1.82, 2.24) is 9.62 Å². The van der Waals surface area contributed by atoms with Gasteiger partial charge in [-0.25, -0.2) is 0 Å². The smallest absolute Gasteiger partial charge is 0.317 e. The van der Waals surface area contributed by atoms with Gasteiger partial charge in [-0.1, -0.05) is 0 Å². The van der Waals surface area contributed by atoms with Gasteiger partial charge in [0.2, 0.25) is 0 Å². The largest absolute Gasteiger partial charge is 0.382 e. The summed E-state index contributed by atoms with van der Waals surface area (Å²) in [6.07, 6.45) is 0.442. The van der Waals surface area contributed by atoms with Gasteiger partial charge in [-0.3, -0.25) is 0 Å². The number of nitrogens with zero attached hydrogens (tertiary/aromatic N) is 2. The highest BCUT2D eigenvalue weighted by Gasteiger charge is 2.36. The Balaban J connectivity index is 1.81.